The highest BCUT2D eigenvalue weighted by atomic mass is 16.5. The maximum Gasteiger partial charge on any atom is 0.204 e. The Morgan fingerprint density at radius 2 is 0.824 bits per heavy atom. The van der Waals surface area contributed by atoms with Gasteiger partial charge in [0.1, 0.15) is 26.4 Å². The number of rotatable bonds is 16. The largest absolute Gasteiger partial charge is 0.492 e. The molecule has 8 heteroatoms. The second kappa shape index (κ2) is 17.1. The summed E-state index contributed by atoms with van der Waals surface area (Å²) in [5, 5.41) is 21.7. The van der Waals surface area contributed by atoms with E-state index in [1.165, 1.54) is 14.2 Å². The van der Waals surface area contributed by atoms with Crippen molar-refractivity contribution >= 4 is 0 Å². The van der Waals surface area contributed by atoms with Crippen LogP contribution in [-0.4, -0.2) is 24.4 Å². The van der Waals surface area contributed by atoms with Crippen LogP contribution in [0, 0.1) is 0 Å². The van der Waals surface area contributed by atoms with E-state index >= 15 is 0 Å². The van der Waals surface area contributed by atoms with E-state index in [0.29, 0.717) is 35.0 Å². The summed E-state index contributed by atoms with van der Waals surface area (Å²) in [7, 11) is 3.03. The maximum atomic E-state index is 10.9. The lowest BCUT2D eigenvalue weighted by Crippen LogP contribution is -2.09. The standard InChI is InChI=1S/C43H40O8/c1-46-39-34(23-24-36(48-26-30-15-7-3-8-16-30)40(39)50-28-32-19-11-5-12-20-32)38-35(43(44)45)25-37(49-27-31-17-9-4-10-18-31)41(42(38)47-2)51-29-33-21-13-6-14-22-33/h3-25,43-45H,26-29H2,1-2H3. The SMILES string of the molecule is COc1c(-c2c(C(O)O)cc(OCc3ccccc3)c(OCc3ccccc3)c2OC)ccc(OCc2ccccc2)c1OCc1ccccc1. The van der Waals surface area contributed by atoms with Crippen molar-refractivity contribution in [2.75, 3.05) is 14.2 Å². The first-order chi connectivity index (χ1) is 25.1. The van der Waals surface area contributed by atoms with Gasteiger partial charge in [0.2, 0.25) is 11.5 Å². The fourth-order valence-corrected chi connectivity index (χ4v) is 5.68. The van der Waals surface area contributed by atoms with Gasteiger partial charge >= 0.3 is 0 Å². The quantitative estimate of drug-likeness (QED) is 0.0979. The minimum absolute atomic E-state index is 0.118. The Morgan fingerprint density at radius 3 is 1.24 bits per heavy atom. The summed E-state index contributed by atoms with van der Waals surface area (Å²) < 4.78 is 37.6. The fourth-order valence-electron chi connectivity index (χ4n) is 5.68. The molecule has 0 fully saturated rings. The van der Waals surface area contributed by atoms with Crippen LogP contribution in [0.25, 0.3) is 11.1 Å². The lowest BCUT2D eigenvalue weighted by Gasteiger charge is -2.25. The molecular formula is C43H40O8. The lowest BCUT2D eigenvalue weighted by molar-refractivity contribution is -0.0423. The molecule has 0 atom stereocenters. The molecule has 0 aromatic heterocycles. The van der Waals surface area contributed by atoms with Gasteiger partial charge in [-0.1, -0.05) is 121 Å². The van der Waals surface area contributed by atoms with Crippen LogP contribution in [0.15, 0.2) is 140 Å². The zero-order valence-electron chi connectivity index (χ0n) is 28.5. The number of methoxy groups -OCH3 is 2. The third kappa shape index (κ3) is 8.62. The van der Waals surface area contributed by atoms with Gasteiger partial charge in [0, 0.05) is 16.7 Å². The lowest BCUT2D eigenvalue weighted by atomic mass is 9.95. The van der Waals surface area contributed by atoms with E-state index < -0.39 is 6.29 Å². The Balaban J connectivity index is 1.48. The number of hydrogen-bond acceptors (Lipinski definition) is 8. The molecule has 0 saturated heterocycles. The second-order valence-corrected chi connectivity index (χ2v) is 11.6. The smallest absolute Gasteiger partial charge is 0.204 e. The van der Waals surface area contributed by atoms with Crippen molar-refractivity contribution in [1.82, 2.24) is 0 Å². The zero-order chi connectivity index (χ0) is 35.4. The maximum absolute atomic E-state index is 10.9. The van der Waals surface area contributed by atoms with Gasteiger partial charge in [-0.05, 0) is 40.5 Å². The van der Waals surface area contributed by atoms with E-state index in [4.69, 9.17) is 28.4 Å². The number of hydrogen-bond donors (Lipinski definition) is 2. The van der Waals surface area contributed by atoms with E-state index in [0.717, 1.165) is 22.3 Å². The Hall–Kier alpha value is -5.96. The third-order valence-electron chi connectivity index (χ3n) is 8.19. The molecule has 6 aromatic rings. The highest BCUT2D eigenvalue weighted by Gasteiger charge is 2.30. The van der Waals surface area contributed by atoms with Crippen LogP contribution in [0.1, 0.15) is 34.1 Å². The Bertz CT molecular complexity index is 1980. The average molecular weight is 685 g/mol. The predicted molar refractivity (Wildman–Crippen MR) is 195 cm³/mol. The molecule has 0 amide bonds. The highest BCUT2D eigenvalue weighted by Crippen LogP contribution is 2.54. The van der Waals surface area contributed by atoms with Crippen LogP contribution in [0.4, 0.5) is 0 Å². The van der Waals surface area contributed by atoms with Gasteiger partial charge in [-0.3, -0.25) is 0 Å². The van der Waals surface area contributed by atoms with Crippen LogP contribution in [0.2, 0.25) is 0 Å². The molecule has 0 radical (unpaired) electrons. The summed E-state index contributed by atoms with van der Waals surface area (Å²) in [6.45, 7) is 0.932. The van der Waals surface area contributed by atoms with E-state index in [9.17, 15) is 10.2 Å². The van der Waals surface area contributed by atoms with Gasteiger partial charge in [-0.25, -0.2) is 0 Å². The van der Waals surface area contributed by atoms with E-state index in [1.807, 2.05) is 121 Å². The molecule has 260 valence electrons. The van der Waals surface area contributed by atoms with Crippen LogP contribution < -0.4 is 28.4 Å². The zero-order valence-corrected chi connectivity index (χ0v) is 28.5. The minimum atomic E-state index is -1.91. The molecule has 0 unspecified atom stereocenters. The number of aliphatic hydroxyl groups is 2. The average Bonchev–Trinajstić information content (AvgIpc) is 3.18. The normalized spacial score (nSPS) is 10.8. The molecule has 6 rings (SSSR count). The predicted octanol–water partition coefficient (Wildman–Crippen LogP) is 8.67. The molecule has 0 aliphatic carbocycles. The van der Waals surface area contributed by atoms with Crippen LogP contribution in [0.5, 0.6) is 34.5 Å². The van der Waals surface area contributed by atoms with Gasteiger partial charge in [-0.2, -0.15) is 0 Å². The van der Waals surface area contributed by atoms with E-state index in [-0.39, 0.29) is 42.6 Å². The van der Waals surface area contributed by atoms with Crippen molar-refractivity contribution in [3.05, 3.63) is 167 Å². The van der Waals surface area contributed by atoms with Crippen LogP contribution in [-0.2, 0) is 26.4 Å². The topological polar surface area (TPSA) is 95.8 Å². The molecule has 0 bridgehead atoms. The Morgan fingerprint density at radius 1 is 0.431 bits per heavy atom. The molecule has 0 spiro atoms. The van der Waals surface area contributed by atoms with Crippen molar-refractivity contribution < 1.29 is 38.6 Å². The number of aliphatic hydroxyl groups excluding tert-OH is 1. The Labute approximate surface area is 298 Å². The monoisotopic (exact) mass is 684 g/mol. The summed E-state index contributed by atoms with van der Waals surface area (Å²) in [5.41, 5.74) is 4.69. The van der Waals surface area contributed by atoms with Gasteiger partial charge in [0.25, 0.3) is 0 Å². The molecule has 0 aliphatic rings. The third-order valence-corrected chi connectivity index (χ3v) is 8.19. The van der Waals surface area contributed by atoms with Crippen molar-refractivity contribution in [2.45, 2.75) is 32.7 Å². The molecule has 2 N–H and O–H groups in total. The molecule has 0 heterocycles. The molecule has 51 heavy (non-hydrogen) atoms. The van der Waals surface area contributed by atoms with Gasteiger partial charge in [-0.15, -0.1) is 0 Å². The van der Waals surface area contributed by atoms with Gasteiger partial charge < -0.3 is 38.6 Å². The van der Waals surface area contributed by atoms with Gasteiger partial charge in [0.05, 0.1) is 14.2 Å². The summed E-state index contributed by atoms with van der Waals surface area (Å²) in [6, 6.07) is 44.1. The molecule has 6 aromatic carbocycles. The summed E-state index contributed by atoms with van der Waals surface area (Å²) in [5.74, 6) is 1.89. The molecule has 0 saturated carbocycles. The van der Waals surface area contributed by atoms with E-state index in [2.05, 4.69) is 0 Å². The van der Waals surface area contributed by atoms with E-state index in [1.54, 1.807) is 18.2 Å². The molecular weight excluding hydrogens is 644 g/mol. The first-order valence-corrected chi connectivity index (χ1v) is 16.5. The van der Waals surface area contributed by atoms with Crippen molar-refractivity contribution in [1.29, 1.82) is 0 Å². The highest BCUT2D eigenvalue weighted by molar-refractivity contribution is 5.86. The van der Waals surface area contributed by atoms with Gasteiger partial charge in [0.15, 0.2) is 29.3 Å². The minimum Gasteiger partial charge on any atom is -0.492 e. The second-order valence-electron chi connectivity index (χ2n) is 11.6. The molecule has 0 aliphatic heterocycles. The number of benzene rings is 6. The summed E-state index contributed by atoms with van der Waals surface area (Å²) >= 11 is 0. The fraction of sp³-hybridized carbons (Fsp3) is 0.163. The van der Waals surface area contributed by atoms with Crippen molar-refractivity contribution in [2.24, 2.45) is 0 Å². The first-order valence-electron chi connectivity index (χ1n) is 16.5. The Kier molecular flexibility index (Phi) is 11.7. The van der Waals surface area contributed by atoms with Crippen LogP contribution in [0.3, 0.4) is 0 Å². The molecule has 8 nitrogen and oxygen atoms in total. The first kappa shape index (κ1) is 34.9. The van der Waals surface area contributed by atoms with Crippen molar-refractivity contribution in [3.63, 3.8) is 0 Å². The summed E-state index contributed by atoms with van der Waals surface area (Å²) in [4.78, 5) is 0. The van der Waals surface area contributed by atoms with Crippen molar-refractivity contribution in [3.8, 4) is 45.6 Å². The summed E-state index contributed by atoms with van der Waals surface area (Å²) in [6.07, 6.45) is -1.91. The number of ether oxygens (including phenoxy) is 6. The van der Waals surface area contributed by atoms with Crippen LogP contribution >= 0.6 is 0 Å².